The maximum atomic E-state index is 12.9. The number of ether oxygens (including phenoxy) is 3. The fourth-order valence-electron chi connectivity index (χ4n) is 8.12. The summed E-state index contributed by atoms with van der Waals surface area (Å²) in [6, 6.07) is 0. The van der Waals surface area contributed by atoms with Crippen molar-refractivity contribution in [2.24, 2.45) is 0 Å². The molecule has 0 aromatic heterocycles. The van der Waals surface area contributed by atoms with E-state index in [-0.39, 0.29) is 31.1 Å². The second-order valence-electron chi connectivity index (χ2n) is 19.5. The predicted octanol–water partition coefficient (Wildman–Crippen LogP) is 20.1. The molecule has 0 rings (SSSR count). The van der Waals surface area contributed by atoms with Crippen LogP contribution in [0.4, 0.5) is 0 Å². The molecule has 0 aliphatic carbocycles. The third-order valence-corrected chi connectivity index (χ3v) is 12.6. The molecular formula is C65H110O6. The van der Waals surface area contributed by atoms with E-state index < -0.39 is 6.10 Å². The van der Waals surface area contributed by atoms with Crippen LogP contribution in [0.2, 0.25) is 0 Å². The smallest absolute Gasteiger partial charge is 0.306 e. The van der Waals surface area contributed by atoms with E-state index in [0.717, 1.165) is 135 Å². The third-order valence-electron chi connectivity index (χ3n) is 12.6. The summed E-state index contributed by atoms with van der Waals surface area (Å²) >= 11 is 0. The van der Waals surface area contributed by atoms with Gasteiger partial charge in [0.2, 0.25) is 0 Å². The quantitative estimate of drug-likeness (QED) is 0.0261. The summed E-state index contributed by atoms with van der Waals surface area (Å²) in [5.74, 6) is -0.916. The highest BCUT2D eigenvalue weighted by atomic mass is 16.6. The number of carbonyl (C=O) groups excluding carboxylic acids is 3. The van der Waals surface area contributed by atoms with Gasteiger partial charge in [-0.25, -0.2) is 0 Å². The van der Waals surface area contributed by atoms with Gasteiger partial charge in [-0.2, -0.15) is 0 Å². The molecule has 0 fully saturated rings. The first-order chi connectivity index (χ1) is 35.0. The number of hydrogen-bond acceptors (Lipinski definition) is 6. The summed E-state index contributed by atoms with van der Waals surface area (Å²) in [6.07, 6.45) is 78.2. The second kappa shape index (κ2) is 58.9. The van der Waals surface area contributed by atoms with Crippen LogP contribution in [-0.2, 0) is 28.6 Å². The van der Waals surface area contributed by atoms with Gasteiger partial charge in [0.15, 0.2) is 6.10 Å². The number of hydrogen-bond donors (Lipinski definition) is 0. The zero-order valence-corrected chi connectivity index (χ0v) is 46.5. The maximum absolute atomic E-state index is 12.9. The molecule has 0 aliphatic heterocycles. The summed E-state index contributed by atoms with van der Waals surface area (Å²) in [5, 5.41) is 0. The number of esters is 3. The molecule has 0 heterocycles. The van der Waals surface area contributed by atoms with Crippen LogP contribution in [0.25, 0.3) is 0 Å². The lowest BCUT2D eigenvalue weighted by Crippen LogP contribution is -2.30. The topological polar surface area (TPSA) is 78.9 Å². The van der Waals surface area contributed by atoms with E-state index in [0.29, 0.717) is 19.3 Å². The molecule has 0 aliphatic rings. The Hall–Kier alpha value is -3.67. The Morgan fingerprint density at radius 2 is 0.549 bits per heavy atom. The van der Waals surface area contributed by atoms with Gasteiger partial charge in [0.25, 0.3) is 0 Å². The minimum atomic E-state index is -0.793. The minimum Gasteiger partial charge on any atom is -0.462 e. The van der Waals surface area contributed by atoms with Crippen LogP contribution in [-0.4, -0.2) is 37.2 Å². The summed E-state index contributed by atoms with van der Waals surface area (Å²) in [6.45, 7) is 6.49. The number of unbranched alkanes of at least 4 members (excludes halogenated alkanes) is 26. The standard InChI is InChI=1S/C65H110O6/c1-4-7-10-13-16-19-22-24-26-28-30-32-34-36-38-40-43-46-49-52-55-58-64(67)70-61-62(60-69-63(66)57-54-51-48-45-42-21-18-15-12-9-6-3)71-65(68)59-56-53-50-47-44-41-39-37-35-33-31-29-27-25-23-20-17-14-11-8-5-2/h7,10,16,19,23-26,29-32,35-38,62H,4-6,8-9,11-15,17-18,20-22,27-28,33-34,39-61H2,1-3H3/b10-7-,19-16-,25-23-,26-24-,31-29-,32-30-,37-35-,38-36-. The van der Waals surface area contributed by atoms with E-state index in [1.54, 1.807) is 0 Å². The summed E-state index contributed by atoms with van der Waals surface area (Å²) in [5.41, 5.74) is 0. The molecule has 6 heteroatoms. The molecule has 0 saturated heterocycles. The van der Waals surface area contributed by atoms with Crippen molar-refractivity contribution in [1.82, 2.24) is 0 Å². The van der Waals surface area contributed by atoms with Crippen molar-refractivity contribution in [3.63, 3.8) is 0 Å². The Bertz CT molecular complexity index is 1410. The average molecular weight is 988 g/mol. The lowest BCUT2D eigenvalue weighted by atomic mass is 10.1. The SMILES string of the molecule is CC/C=C\C/C=C\C/C=C\C/C=C\C/C=C\CCCCCCCC(=O)OCC(COC(=O)CCCCCCCCCCCCC)OC(=O)CCCCCCCC/C=C\C/C=C\C/C=C\CCCCCCC. The first kappa shape index (κ1) is 67.3. The van der Waals surface area contributed by atoms with Crippen LogP contribution in [0.5, 0.6) is 0 Å². The Labute approximate surface area is 438 Å². The van der Waals surface area contributed by atoms with E-state index in [1.807, 2.05) is 0 Å². The maximum Gasteiger partial charge on any atom is 0.306 e. The number of allylic oxidation sites excluding steroid dienone is 16. The summed E-state index contributed by atoms with van der Waals surface area (Å²) in [7, 11) is 0. The van der Waals surface area contributed by atoms with Gasteiger partial charge in [0.1, 0.15) is 13.2 Å². The van der Waals surface area contributed by atoms with Gasteiger partial charge >= 0.3 is 17.9 Å². The Kier molecular flexibility index (Phi) is 55.9. The van der Waals surface area contributed by atoms with Gasteiger partial charge in [-0.05, 0) is 103 Å². The third kappa shape index (κ3) is 57.1. The van der Waals surface area contributed by atoms with Crippen molar-refractivity contribution in [2.45, 2.75) is 284 Å². The van der Waals surface area contributed by atoms with Crippen molar-refractivity contribution in [3.8, 4) is 0 Å². The van der Waals surface area contributed by atoms with Crippen molar-refractivity contribution < 1.29 is 28.6 Å². The molecule has 1 atom stereocenters. The molecule has 0 amide bonds. The first-order valence-corrected chi connectivity index (χ1v) is 29.7. The Morgan fingerprint density at radius 1 is 0.296 bits per heavy atom. The van der Waals surface area contributed by atoms with Crippen molar-refractivity contribution >= 4 is 17.9 Å². The normalized spacial score (nSPS) is 12.8. The highest BCUT2D eigenvalue weighted by Crippen LogP contribution is 2.15. The minimum absolute atomic E-state index is 0.0881. The molecule has 406 valence electrons. The van der Waals surface area contributed by atoms with E-state index >= 15 is 0 Å². The Morgan fingerprint density at radius 3 is 0.859 bits per heavy atom. The van der Waals surface area contributed by atoms with Gasteiger partial charge < -0.3 is 14.2 Å². The average Bonchev–Trinajstić information content (AvgIpc) is 3.37. The molecule has 0 aromatic carbocycles. The van der Waals surface area contributed by atoms with Gasteiger partial charge in [0, 0.05) is 19.3 Å². The fraction of sp³-hybridized carbons (Fsp3) is 0.708. The molecule has 1 unspecified atom stereocenters. The predicted molar refractivity (Wildman–Crippen MR) is 307 cm³/mol. The Balaban J connectivity index is 4.40. The molecule has 0 spiro atoms. The van der Waals surface area contributed by atoms with Crippen LogP contribution < -0.4 is 0 Å². The molecule has 0 aromatic rings. The van der Waals surface area contributed by atoms with Crippen molar-refractivity contribution in [3.05, 3.63) is 97.2 Å². The van der Waals surface area contributed by atoms with Crippen molar-refractivity contribution in [1.29, 1.82) is 0 Å². The zero-order chi connectivity index (χ0) is 51.4. The first-order valence-electron chi connectivity index (χ1n) is 29.7. The second-order valence-corrected chi connectivity index (χ2v) is 19.5. The molecular weight excluding hydrogens is 877 g/mol. The number of carbonyl (C=O) groups is 3. The summed E-state index contributed by atoms with van der Waals surface area (Å²) in [4.78, 5) is 38.2. The van der Waals surface area contributed by atoms with Crippen LogP contribution in [0.3, 0.4) is 0 Å². The molecule has 0 radical (unpaired) electrons. The van der Waals surface area contributed by atoms with Crippen LogP contribution in [0.1, 0.15) is 278 Å². The molecule has 71 heavy (non-hydrogen) atoms. The van der Waals surface area contributed by atoms with E-state index in [2.05, 4.69) is 118 Å². The van der Waals surface area contributed by atoms with Gasteiger partial charge in [-0.15, -0.1) is 0 Å². The molecule has 6 nitrogen and oxygen atoms in total. The van der Waals surface area contributed by atoms with Crippen LogP contribution in [0.15, 0.2) is 97.2 Å². The largest absolute Gasteiger partial charge is 0.462 e. The number of rotatable bonds is 53. The lowest BCUT2D eigenvalue weighted by Gasteiger charge is -2.18. The van der Waals surface area contributed by atoms with E-state index in [4.69, 9.17) is 14.2 Å². The highest BCUT2D eigenvalue weighted by molar-refractivity contribution is 5.71. The zero-order valence-electron chi connectivity index (χ0n) is 46.5. The van der Waals surface area contributed by atoms with Crippen LogP contribution >= 0.6 is 0 Å². The lowest BCUT2D eigenvalue weighted by molar-refractivity contribution is -0.167. The van der Waals surface area contributed by atoms with Crippen molar-refractivity contribution in [2.75, 3.05) is 13.2 Å². The molecule has 0 bridgehead atoms. The van der Waals surface area contributed by atoms with Gasteiger partial charge in [0.05, 0.1) is 0 Å². The highest BCUT2D eigenvalue weighted by Gasteiger charge is 2.19. The van der Waals surface area contributed by atoms with E-state index in [1.165, 1.54) is 103 Å². The van der Waals surface area contributed by atoms with Gasteiger partial charge in [-0.1, -0.05) is 253 Å². The van der Waals surface area contributed by atoms with Crippen LogP contribution in [0, 0.1) is 0 Å². The molecule has 0 saturated carbocycles. The summed E-state index contributed by atoms with van der Waals surface area (Å²) < 4.78 is 16.9. The molecule has 0 N–H and O–H groups in total. The monoisotopic (exact) mass is 987 g/mol. The van der Waals surface area contributed by atoms with E-state index in [9.17, 15) is 14.4 Å². The van der Waals surface area contributed by atoms with Gasteiger partial charge in [-0.3, -0.25) is 14.4 Å². The fourth-order valence-corrected chi connectivity index (χ4v) is 8.12.